The molecule has 0 amide bonds. The fraction of sp³-hybridized carbons (Fsp3) is 0.824. The van der Waals surface area contributed by atoms with Crippen LogP contribution in [0.1, 0.15) is 309 Å². The first-order chi connectivity index (χ1) is 38.0. The van der Waals surface area contributed by atoms with Gasteiger partial charge in [0, 0.05) is 12.8 Å². The lowest BCUT2D eigenvalue weighted by Gasteiger charge is -2.28. The Morgan fingerprint density at radius 3 is 1.10 bits per heavy atom. The highest BCUT2D eigenvalue weighted by Gasteiger charge is 2.22. The second kappa shape index (κ2) is 59.3. The summed E-state index contributed by atoms with van der Waals surface area (Å²) in [5.74, 6) is -0.839. The first-order valence-electron chi connectivity index (χ1n) is 33.0. The van der Waals surface area contributed by atoms with Crippen LogP contribution in [0, 0.1) is 0 Å². The molecule has 10 heteroatoms. The number of allylic oxidation sites excluding steroid dienone is 10. The Kier molecular flexibility index (Phi) is 57.6. The van der Waals surface area contributed by atoms with Crippen molar-refractivity contribution in [3.63, 3.8) is 0 Å². The van der Waals surface area contributed by atoms with Gasteiger partial charge in [0.1, 0.15) is 19.8 Å². The number of likely N-dealkylation sites (N-methyl/N-ethyl adjacent to an activating group) is 1. The van der Waals surface area contributed by atoms with Crippen LogP contribution in [0.15, 0.2) is 60.8 Å². The van der Waals surface area contributed by atoms with E-state index >= 15 is 0 Å². The summed E-state index contributed by atoms with van der Waals surface area (Å²) in [5, 5.41) is 0. The maximum atomic E-state index is 12.8. The van der Waals surface area contributed by atoms with Crippen LogP contribution in [0.4, 0.5) is 0 Å². The lowest BCUT2D eigenvalue weighted by molar-refractivity contribution is -0.870. The van der Waals surface area contributed by atoms with Crippen molar-refractivity contribution in [2.45, 2.75) is 315 Å². The zero-order valence-corrected chi connectivity index (χ0v) is 52.8. The van der Waals surface area contributed by atoms with E-state index in [1.807, 2.05) is 21.1 Å². The predicted molar refractivity (Wildman–Crippen MR) is 333 cm³/mol. The zero-order valence-electron chi connectivity index (χ0n) is 51.9. The fourth-order valence-corrected chi connectivity index (χ4v) is 10.2. The second-order valence-electron chi connectivity index (χ2n) is 23.5. The van der Waals surface area contributed by atoms with E-state index < -0.39 is 26.5 Å². The van der Waals surface area contributed by atoms with Gasteiger partial charge in [-0.15, -0.1) is 0 Å². The number of hydrogen-bond acceptors (Lipinski definition) is 8. The quantitative estimate of drug-likeness (QED) is 0.0195. The maximum Gasteiger partial charge on any atom is 0.306 e. The van der Waals surface area contributed by atoms with Crippen LogP contribution in [-0.4, -0.2) is 70.0 Å². The number of esters is 2. The number of carbonyl (C=O) groups is 2. The van der Waals surface area contributed by atoms with Gasteiger partial charge < -0.3 is 27.9 Å². The average Bonchev–Trinajstić information content (AvgIpc) is 3.41. The van der Waals surface area contributed by atoms with Crippen molar-refractivity contribution < 1.29 is 42.1 Å². The molecule has 0 aliphatic rings. The highest BCUT2D eigenvalue weighted by molar-refractivity contribution is 7.45. The number of nitrogens with zero attached hydrogens (tertiary/aromatic N) is 1. The number of unbranched alkanes of at least 4 members (excludes halogenated alkanes) is 37. The summed E-state index contributed by atoms with van der Waals surface area (Å²) in [6, 6.07) is 0. The van der Waals surface area contributed by atoms with Crippen molar-refractivity contribution in [2.24, 2.45) is 0 Å². The van der Waals surface area contributed by atoms with Crippen LogP contribution < -0.4 is 4.89 Å². The van der Waals surface area contributed by atoms with E-state index in [2.05, 4.69) is 74.6 Å². The van der Waals surface area contributed by atoms with Gasteiger partial charge in [-0.3, -0.25) is 14.2 Å². The van der Waals surface area contributed by atoms with E-state index in [-0.39, 0.29) is 32.0 Å². The van der Waals surface area contributed by atoms with Gasteiger partial charge in [0.2, 0.25) is 0 Å². The molecular formula is C68H126NO8P. The molecule has 0 aliphatic carbocycles. The summed E-state index contributed by atoms with van der Waals surface area (Å²) in [7, 11) is 1.16. The third kappa shape index (κ3) is 62.9. The summed E-state index contributed by atoms with van der Waals surface area (Å²) in [5.41, 5.74) is 0. The molecule has 0 rings (SSSR count). The van der Waals surface area contributed by atoms with Crippen molar-refractivity contribution in [2.75, 3.05) is 47.5 Å². The van der Waals surface area contributed by atoms with Crippen LogP contribution in [0.5, 0.6) is 0 Å². The van der Waals surface area contributed by atoms with Crippen LogP contribution in [0.25, 0.3) is 0 Å². The average molecular weight is 1120 g/mol. The van der Waals surface area contributed by atoms with Gasteiger partial charge >= 0.3 is 11.9 Å². The largest absolute Gasteiger partial charge is 0.756 e. The summed E-state index contributed by atoms with van der Waals surface area (Å²) < 4.78 is 34.2. The molecule has 0 N–H and O–H groups in total. The summed E-state index contributed by atoms with van der Waals surface area (Å²) in [6.07, 6.45) is 77.4. The van der Waals surface area contributed by atoms with Gasteiger partial charge in [-0.1, -0.05) is 280 Å². The Hall–Kier alpha value is -2.29. The highest BCUT2D eigenvalue weighted by Crippen LogP contribution is 2.38. The van der Waals surface area contributed by atoms with E-state index in [0.29, 0.717) is 17.4 Å². The minimum absolute atomic E-state index is 0.0346. The topological polar surface area (TPSA) is 111 Å². The Balaban J connectivity index is 3.97. The van der Waals surface area contributed by atoms with Gasteiger partial charge in [0.05, 0.1) is 27.7 Å². The minimum atomic E-state index is -4.64. The van der Waals surface area contributed by atoms with Crippen molar-refractivity contribution in [3.8, 4) is 0 Å². The number of rotatable bonds is 61. The zero-order chi connectivity index (χ0) is 57.0. The van der Waals surface area contributed by atoms with E-state index in [1.54, 1.807) is 0 Å². The van der Waals surface area contributed by atoms with Gasteiger partial charge in [0.25, 0.3) is 7.82 Å². The fourth-order valence-electron chi connectivity index (χ4n) is 9.47. The van der Waals surface area contributed by atoms with E-state index in [0.717, 1.165) is 83.5 Å². The molecule has 0 spiro atoms. The number of phosphoric acid groups is 1. The SMILES string of the molecule is CC/C=C\C/C=C\C/C=C\C/C=C\CCCCCCCCC(=O)OC(COC(=O)CCCCCCCCCCCCCCCCCCCCCCCCC/C=C\CCCCCCCCCC)COP(=O)([O-])OCC[N+](C)(C)C. The summed E-state index contributed by atoms with van der Waals surface area (Å²) in [4.78, 5) is 37.9. The van der Waals surface area contributed by atoms with E-state index in [1.165, 1.54) is 193 Å². The van der Waals surface area contributed by atoms with Gasteiger partial charge in [0.15, 0.2) is 6.10 Å². The maximum absolute atomic E-state index is 12.8. The molecule has 0 heterocycles. The first-order valence-corrected chi connectivity index (χ1v) is 34.5. The molecule has 0 radical (unpaired) electrons. The lowest BCUT2D eigenvalue weighted by Crippen LogP contribution is -2.37. The molecule has 456 valence electrons. The Labute approximate surface area is 483 Å². The van der Waals surface area contributed by atoms with E-state index in [4.69, 9.17) is 18.5 Å². The second-order valence-corrected chi connectivity index (χ2v) is 24.9. The molecule has 0 saturated carbocycles. The van der Waals surface area contributed by atoms with Gasteiger partial charge in [-0.2, -0.15) is 0 Å². The minimum Gasteiger partial charge on any atom is -0.756 e. The van der Waals surface area contributed by atoms with Crippen molar-refractivity contribution in [3.05, 3.63) is 60.8 Å². The summed E-state index contributed by atoms with van der Waals surface area (Å²) in [6.45, 7) is 4.14. The lowest BCUT2D eigenvalue weighted by atomic mass is 10.0. The van der Waals surface area contributed by atoms with Gasteiger partial charge in [-0.25, -0.2) is 0 Å². The predicted octanol–water partition coefficient (Wildman–Crippen LogP) is 20.4. The van der Waals surface area contributed by atoms with Crippen LogP contribution >= 0.6 is 7.82 Å². The van der Waals surface area contributed by atoms with Gasteiger partial charge in [-0.05, 0) is 77.0 Å². The third-order valence-corrected chi connectivity index (χ3v) is 15.5. The number of phosphoric ester groups is 1. The molecule has 0 saturated heterocycles. The Morgan fingerprint density at radius 1 is 0.410 bits per heavy atom. The van der Waals surface area contributed by atoms with Crippen LogP contribution in [0.2, 0.25) is 0 Å². The first kappa shape index (κ1) is 75.7. The molecule has 0 aliphatic heterocycles. The van der Waals surface area contributed by atoms with Crippen LogP contribution in [0.3, 0.4) is 0 Å². The number of ether oxygens (including phenoxy) is 2. The normalized spacial score (nSPS) is 13.6. The molecule has 9 nitrogen and oxygen atoms in total. The molecule has 0 aromatic carbocycles. The number of hydrogen-bond donors (Lipinski definition) is 0. The molecule has 0 bridgehead atoms. The van der Waals surface area contributed by atoms with Crippen molar-refractivity contribution >= 4 is 19.8 Å². The molecule has 2 unspecified atom stereocenters. The Bertz CT molecular complexity index is 1500. The van der Waals surface area contributed by atoms with Crippen molar-refractivity contribution in [1.82, 2.24) is 0 Å². The number of quaternary nitrogens is 1. The molecule has 2 atom stereocenters. The molecular weight excluding hydrogens is 990 g/mol. The monoisotopic (exact) mass is 1120 g/mol. The summed E-state index contributed by atoms with van der Waals surface area (Å²) >= 11 is 0. The number of carbonyl (C=O) groups excluding carboxylic acids is 2. The standard InChI is InChI=1S/C68H126NO8P/c1-6-8-10-12-14-16-18-20-22-24-26-27-28-29-30-31-32-33-34-35-36-37-38-39-40-41-43-44-46-48-50-52-54-56-58-60-67(70)74-64-66(65-76-78(72,73)75-63-62-69(3,4)5)77-68(71)61-59-57-55-53-51-49-47-45-42-25-23-21-19-17-15-13-11-9-7-2/h9,11,15,17,21,23-24,26,42,45,66H,6-8,10,12-14,16,18-20,22,25,27-41,43-44,46-65H2,1-5H3/b11-9-,17-15-,23-21-,26-24-,45-42-. The molecule has 78 heavy (non-hydrogen) atoms. The Morgan fingerprint density at radius 2 is 0.731 bits per heavy atom. The molecule has 0 aromatic rings. The van der Waals surface area contributed by atoms with Crippen molar-refractivity contribution in [1.29, 1.82) is 0 Å². The smallest absolute Gasteiger partial charge is 0.306 e. The molecule has 0 aromatic heterocycles. The molecule has 0 fully saturated rings. The highest BCUT2D eigenvalue weighted by atomic mass is 31.2. The third-order valence-electron chi connectivity index (χ3n) is 14.5. The van der Waals surface area contributed by atoms with E-state index in [9.17, 15) is 19.0 Å². The van der Waals surface area contributed by atoms with Crippen LogP contribution in [-0.2, 0) is 32.7 Å².